The predicted octanol–water partition coefficient (Wildman–Crippen LogP) is 4.05. The fourth-order valence-corrected chi connectivity index (χ4v) is 3.64. The molecule has 3 aromatic heterocycles. The number of rotatable bonds is 5. The Morgan fingerprint density at radius 3 is 2.48 bits per heavy atom. The van der Waals surface area contributed by atoms with Crippen LogP contribution in [0.15, 0.2) is 71.3 Å². The summed E-state index contributed by atoms with van der Waals surface area (Å²) in [7, 11) is 0. The number of carbonyl (C=O) groups excluding carboxylic acids is 1. The fourth-order valence-electron chi connectivity index (χ4n) is 3.64. The number of amides is 1. The summed E-state index contributed by atoms with van der Waals surface area (Å²) < 4.78 is 7.26. The summed E-state index contributed by atoms with van der Waals surface area (Å²) in [4.78, 5) is 22.6. The topological polar surface area (TPSA) is 99.0 Å². The molecule has 3 N–H and O–H groups in total. The number of aryl methyl sites for hydroxylation is 1. The molecule has 5 rings (SSSR count). The molecule has 3 heterocycles. The summed E-state index contributed by atoms with van der Waals surface area (Å²) in [6.45, 7) is 2.78. The molecule has 0 fully saturated rings. The largest absolute Gasteiger partial charge is 0.467 e. The van der Waals surface area contributed by atoms with Crippen molar-refractivity contribution >= 4 is 33.9 Å². The molecule has 0 radical (unpaired) electrons. The van der Waals surface area contributed by atoms with Crippen LogP contribution in [0.4, 0.5) is 5.82 Å². The van der Waals surface area contributed by atoms with E-state index in [0.29, 0.717) is 46.9 Å². The Balaban J connectivity index is 1.58. The van der Waals surface area contributed by atoms with Gasteiger partial charge in [0.2, 0.25) is 0 Å². The summed E-state index contributed by atoms with van der Waals surface area (Å²) in [5.41, 5.74) is 11.4. The highest BCUT2D eigenvalue weighted by Gasteiger charge is 2.24. The van der Waals surface area contributed by atoms with Crippen LogP contribution in [0, 0.1) is 6.92 Å². The maximum Gasteiger partial charge on any atom is 0.257 e. The highest BCUT2D eigenvalue weighted by atomic mass is 16.3. The first kappa shape index (κ1) is 18.9. The molecule has 2 aromatic carbocycles. The van der Waals surface area contributed by atoms with E-state index in [-0.39, 0.29) is 5.91 Å². The SMILES string of the molecule is Cc1ccc(CNC(=O)c2c(N)n(Cc3ccco3)c3nc4ccccc4nc23)cc1. The van der Waals surface area contributed by atoms with E-state index in [1.54, 1.807) is 10.8 Å². The minimum atomic E-state index is -0.286. The van der Waals surface area contributed by atoms with Crippen molar-refractivity contribution in [2.75, 3.05) is 5.73 Å². The van der Waals surface area contributed by atoms with Gasteiger partial charge in [0, 0.05) is 6.54 Å². The van der Waals surface area contributed by atoms with Crippen LogP contribution in [0.3, 0.4) is 0 Å². The number of fused-ring (bicyclic) bond motifs is 2. The van der Waals surface area contributed by atoms with Gasteiger partial charge in [-0.3, -0.25) is 4.79 Å². The molecule has 0 bridgehead atoms. The number of nitrogen functional groups attached to an aromatic ring is 1. The molecule has 1 amide bonds. The molecular weight excluding hydrogens is 390 g/mol. The van der Waals surface area contributed by atoms with Gasteiger partial charge in [-0.15, -0.1) is 0 Å². The maximum atomic E-state index is 13.2. The number of carbonyl (C=O) groups is 1. The molecule has 0 saturated carbocycles. The molecular formula is C24H21N5O2. The molecule has 7 heteroatoms. The van der Waals surface area contributed by atoms with E-state index in [2.05, 4.69) is 5.32 Å². The lowest BCUT2D eigenvalue weighted by Crippen LogP contribution is -2.24. The van der Waals surface area contributed by atoms with Crippen LogP contribution in [0.2, 0.25) is 0 Å². The Bertz CT molecular complexity index is 1390. The standard InChI is InChI=1S/C24H21N5O2/c1-15-8-10-16(11-9-15)13-26-24(30)20-21-23(28-19-7-3-2-6-18(19)27-21)29(22(20)25)14-17-5-4-12-31-17/h2-12H,13-14,25H2,1H3,(H,26,30). The average Bonchev–Trinajstić information content (AvgIpc) is 3.38. The van der Waals surface area contributed by atoms with Gasteiger partial charge >= 0.3 is 0 Å². The van der Waals surface area contributed by atoms with E-state index >= 15 is 0 Å². The number of hydrogen-bond acceptors (Lipinski definition) is 5. The number of nitrogens with two attached hydrogens (primary N) is 1. The molecule has 31 heavy (non-hydrogen) atoms. The van der Waals surface area contributed by atoms with Gasteiger partial charge in [0.25, 0.3) is 5.91 Å². The Morgan fingerprint density at radius 1 is 1.03 bits per heavy atom. The summed E-state index contributed by atoms with van der Waals surface area (Å²) in [5, 5.41) is 2.96. The number of nitrogens with one attached hydrogen (secondary N) is 1. The molecule has 154 valence electrons. The summed E-state index contributed by atoms with van der Waals surface area (Å²) in [6.07, 6.45) is 1.60. The molecule has 5 aromatic rings. The van der Waals surface area contributed by atoms with Crippen molar-refractivity contribution in [1.82, 2.24) is 19.9 Å². The first-order valence-corrected chi connectivity index (χ1v) is 10.0. The fraction of sp³-hybridized carbons (Fsp3) is 0.125. The molecule has 0 unspecified atom stereocenters. The monoisotopic (exact) mass is 411 g/mol. The normalized spacial score (nSPS) is 11.3. The van der Waals surface area contributed by atoms with Gasteiger partial charge in [0.05, 0.1) is 23.8 Å². The molecule has 0 atom stereocenters. The van der Waals surface area contributed by atoms with Gasteiger partial charge in [-0.05, 0) is 36.8 Å². The van der Waals surface area contributed by atoms with Gasteiger partial charge in [-0.2, -0.15) is 0 Å². The third-order valence-corrected chi connectivity index (χ3v) is 5.29. The van der Waals surface area contributed by atoms with Gasteiger partial charge < -0.3 is 20.0 Å². The van der Waals surface area contributed by atoms with Crippen molar-refractivity contribution in [3.8, 4) is 0 Å². The summed E-state index contributed by atoms with van der Waals surface area (Å²) in [5.74, 6) is 0.735. The third kappa shape index (κ3) is 3.50. The van der Waals surface area contributed by atoms with Crippen molar-refractivity contribution in [3.05, 3.63) is 89.4 Å². The number of hydrogen-bond donors (Lipinski definition) is 2. The van der Waals surface area contributed by atoms with Crippen molar-refractivity contribution in [1.29, 1.82) is 0 Å². The van der Waals surface area contributed by atoms with E-state index < -0.39 is 0 Å². The van der Waals surface area contributed by atoms with Crippen LogP contribution >= 0.6 is 0 Å². The Labute approximate surface area is 178 Å². The van der Waals surface area contributed by atoms with Crippen molar-refractivity contribution in [2.45, 2.75) is 20.0 Å². The van der Waals surface area contributed by atoms with Gasteiger partial charge in [-0.1, -0.05) is 42.0 Å². The summed E-state index contributed by atoms with van der Waals surface area (Å²) >= 11 is 0. The smallest absolute Gasteiger partial charge is 0.257 e. The number of benzene rings is 2. The molecule has 0 spiro atoms. The lowest BCUT2D eigenvalue weighted by Gasteiger charge is -2.07. The second-order valence-electron chi connectivity index (χ2n) is 7.48. The first-order chi connectivity index (χ1) is 15.1. The highest BCUT2D eigenvalue weighted by Crippen LogP contribution is 2.28. The van der Waals surface area contributed by atoms with Gasteiger partial charge in [0.15, 0.2) is 5.65 Å². The van der Waals surface area contributed by atoms with Gasteiger partial charge in [-0.25, -0.2) is 9.97 Å². The van der Waals surface area contributed by atoms with Crippen LogP contribution < -0.4 is 11.1 Å². The molecule has 0 aliphatic carbocycles. The van der Waals surface area contributed by atoms with E-state index in [9.17, 15) is 4.79 Å². The average molecular weight is 411 g/mol. The summed E-state index contributed by atoms with van der Waals surface area (Å²) in [6, 6.07) is 19.2. The Hall–Kier alpha value is -4.13. The van der Waals surface area contributed by atoms with Gasteiger partial charge in [0.1, 0.15) is 22.7 Å². The van der Waals surface area contributed by atoms with Crippen LogP contribution in [-0.2, 0) is 13.1 Å². The molecule has 0 saturated heterocycles. The van der Waals surface area contributed by atoms with Crippen LogP contribution in [-0.4, -0.2) is 20.4 Å². The van der Waals surface area contributed by atoms with Crippen LogP contribution in [0.5, 0.6) is 0 Å². The van der Waals surface area contributed by atoms with Crippen molar-refractivity contribution in [3.63, 3.8) is 0 Å². The van der Waals surface area contributed by atoms with E-state index in [1.807, 2.05) is 67.6 Å². The Kier molecular flexibility index (Phi) is 4.63. The number of anilines is 1. The lowest BCUT2D eigenvalue weighted by molar-refractivity contribution is 0.0953. The van der Waals surface area contributed by atoms with Crippen LogP contribution in [0.1, 0.15) is 27.2 Å². The zero-order valence-electron chi connectivity index (χ0n) is 17.0. The maximum absolute atomic E-state index is 13.2. The van der Waals surface area contributed by atoms with E-state index in [0.717, 1.165) is 11.1 Å². The molecule has 0 aliphatic heterocycles. The molecule has 7 nitrogen and oxygen atoms in total. The number of nitrogens with zero attached hydrogens (tertiary/aromatic N) is 3. The van der Waals surface area contributed by atoms with E-state index in [1.165, 1.54) is 5.56 Å². The first-order valence-electron chi connectivity index (χ1n) is 10.0. The number of furan rings is 1. The number of aromatic nitrogens is 3. The molecule has 0 aliphatic rings. The lowest BCUT2D eigenvalue weighted by atomic mass is 10.1. The second kappa shape index (κ2) is 7.60. The highest BCUT2D eigenvalue weighted by molar-refractivity contribution is 6.10. The van der Waals surface area contributed by atoms with Crippen molar-refractivity contribution < 1.29 is 9.21 Å². The zero-order chi connectivity index (χ0) is 21.4. The minimum absolute atomic E-state index is 0.286. The third-order valence-electron chi connectivity index (χ3n) is 5.29. The number of para-hydroxylation sites is 2. The quantitative estimate of drug-likeness (QED) is 0.455. The predicted molar refractivity (Wildman–Crippen MR) is 120 cm³/mol. The minimum Gasteiger partial charge on any atom is -0.467 e. The zero-order valence-corrected chi connectivity index (χ0v) is 17.0. The second-order valence-corrected chi connectivity index (χ2v) is 7.48. The van der Waals surface area contributed by atoms with Crippen molar-refractivity contribution in [2.24, 2.45) is 0 Å². The van der Waals surface area contributed by atoms with Crippen LogP contribution in [0.25, 0.3) is 22.2 Å². The Morgan fingerprint density at radius 2 is 1.77 bits per heavy atom. The van der Waals surface area contributed by atoms with E-state index in [4.69, 9.17) is 20.1 Å².